The summed E-state index contributed by atoms with van der Waals surface area (Å²) in [7, 11) is 0. The number of hydrogen-bond acceptors (Lipinski definition) is 2. The van der Waals surface area contributed by atoms with Gasteiger partial charge in [0, 0.05) is 6.61 Å². The molecule has 0 aliphatic heterocycles. The van der Waals surface area contributed by atoms with Crippen LogP contribution in [0.2, 0.25) is 0 Å². The molecule has 4 saturated carbocycles. The summed E-state index contributed by atoms with van der Waals surface area (Å²) in [5.41, 5.74) is 1.26. The first-order valence-corrected chi connectivity index (χ1v) is 17.3. The zero-order valence-electron chi connectivity index (χ0n) is 28.4. The maximum absolute atomic E-state index is 9.47. The molecule has 1 N–H and O–H groups in total. The molecule has 4 aliphatic rings. The molecule has 9 atom stereocenters. The third kappa shape index (κ3) is 8.06. The molecular weight excluding hydrogens is 476 g/mol. The molecule has 0 aromatic rings. The van der Waals surface area contributed by atoms with Crippen molar-refractivity contribution in [2.75, 3.05) is 6.61 Å². The molecule has 4 aliphatic carbocycles. The van der Waals surface area contributed by atoms with E-state index < -0.39 is 0 Å². The van der Waals surface area contributed by atoms with Crippen molar-refractivity contribution in [2.45, 2.75) is 171 Å². The number of fused-ring (bicyclic) bond motifs is 5. The van der Waals surface area contributed by atoms with Crippen molar-refractivity contribution in [3.63, 3.8) is 0 Å². The van der Waals surface area contributed by atoms with Crippen molar-refractivity contribution < 1.29 is 9.84 Å². The lowest BCUT2D eigenvalue weighted by Gasteiger charge is -2.61. The van der Waals surface area contributed by atoms with Gasteiger partial charge in [0.05, 0.1) is 11.2 Å². The molecule has 2 nitrogen and oxygen atoms in total. The van der Waals surface area contributed by atoms with E-state index >= 15 is 0 Å². The summed E-state index contributed by atoms with van der Waals surface area (Å²) in [6.45, 7) is 25.5. The minimum atomic E-state index is -0.0156. The van der Waals surface area contributed by atoms with Crippen molar-refractivity contribution in [1.82, 2.24) is 0 Å². The van der Waals surface area contributed by atoms with Gasteiger partial charge in [-0.15, -0.1) is 0 Å². The number of ether oxygens (including phenoxy) is 1. The van der Waals surface area contributed by atoms with Gasteiger partial charge in [-0.05, 0) is 164 Å². The van der Waals surface area contributed by atoms with Gasteiger partial charge in [-0.2, -0.15) is 0 Å². The largest absolute Gasteiger partial charge is 0.396 e. The second-order valence-electron chi connectivity index (χ2n) is 17.5. The molecular formula is C37H70O2. The van der Waals surface area contributed by atoms with E-state index in [0.717, 1.165) is 41.9 Å². The predicted octanol–water partition coefficient (Wildman–Crippen LogP) is 10.7. The molecule has 0 spiro atoms. The molecule has 4 fully saturated rings. The molecule has 1 unspecified atom stereocenters. The van der Waals surface area contributed by atoms with Gasteiger partial charge in [-0.3, -0.25) is 0 Å². The average Bonchev–Trinajstić information content (AvgIpc) is 3.16. The first kappa shape index (κ1) is 33.4. The Hall–Kier alpha value is -0.0800. The molecule has 0 aromatic heterocycles. The van der Waals surface area contributed by atoms with Crippen LogP contribution >= 0.6 is 0 Å². The highest BCUT2D eigenvalue weighted by Gasteiger charge is 2.60. The predicted molar refractivity (Wildman–Crippen MR) is 169 cm³/mol. The topological polar surface area (TPSA) is 29.5 Å². The van der Waals surface area contributed by atoms with E-state index in [1.54, 1.807) is 12.8 Å². The van der Waals surface area contributed by atoms with E-state index in [9.17, 15) is 5.11 Å². The second kappa shape index (κ2) is 13.1. The Morgan fingerprint density at radius 1 is 0.718 bits per heavy atom. The van der Waals surface area contributed by atoms with E-state index in [2.05, 4.69) is 76.2 Å². The van der Waals surface area contributed by atoms with Gasteiger partial charge in [0.2, 0.25) is 0 Å². The van der Waals surface area contributed by atoms with Gasteiger partial charge in [0.1, 0.15) is 0 Å². The highest BCUT2D eigenvalue weighted by molar-refractivity contribution is 5.09. The number of aliphatic hydroxyl groups excluding tert-OH is 1. The molecule has 0 heterocycles. The summed E-state index contributed by atoms with van der Waals surface area (Å²) in [5, 5.41) is 9.47. The van der Waals surface area contributed by atoms with Crippen LogP contribution in [0.3, 0.4) is 0 Å². The molecule has 4 rings (SSSR count). The maximum Gasteiger partial charge on any atom is 0.0605 e. The van der Waals surface area contributed by atoms with E-state index in [-0.39, 0.29) is 11.2 Å². The van der Waals surface area contributed by atoms with Crippen LogP contribution in [0.4, 0.5) is 0 Å². The Morgan fingerprint density at radius 3 is 1.92 bits per heavy atom. The Labute approximate surface area is 245 Å². The van der Waals surface area contributed by atoms with Crippen LogP contribution in [0.25, 0.3) is 0 Å². The summed E-state index contributed by atoms with van der Waals surface area (Å²) in [4.78, 5) is 0. The minimum absolute atomic E-state index is 0.0156. The lowest BCUT2D eigenvalue weighted by atomic mass is 9.44. The summed E-state index contributed by atoms with van der Waals surface area (Å²) in [6, 6.07) is 0. The Balaban J connectivity index is 0.000000403. The van der Waals surface area contributed by atoms with Crippen LogP contribution in [-0.2, 0) is 4.74 Å². The number of aliphatic hydroxyl groups is 1. The Kier molecular flexibility index (Phi) is 11.2. The first-order chi connectivity index (χ1) is 18.0. The zero-order chi connectivity index (χ0) is 29.2. The third-order valence-electron chi connectivity index (χ3n) is 12.4. The van der Waals surface area contributed by atoms with Crippen LogP contribution in [0.15, 0.2) is 0 Å². The molecule has 0 aromatic carbocycles. The van der Waals surface area contributed by atoms with Crippen molar-refractivity contribution >= 4 is 0 Å². The van der Waals surface area contributed by atoms with Gasteiger partial charge >= 0.3 is 0 Å². The molecule has 0 saturated heterocycles. The molecule has 0 radical (unpaired) electrons. The van der Waals surface area contributed by atoms with Crippen LogP contribution in [-0.4, -0.2) is 22.9 Å². The maximum atomic E-state index is 9.47. The van der Waals surface area contributed by atoms with Gasteiger partial charge in [-0.1, -0.05) is 53.9 Å². The second-order valence-corrected chi connectivity index (χ2v) is 17.5. The highest BCUT2D eigenvalue weighted by atomic mass is 16.5. The van der Waals surface area contributed by atoms with Crippen molar-refractivity contribution in [3.05, 3.63) is 0 Å². The number of rotatable bonds is 7. The lowest BCUT2D eigenvalue weighted by Crippen LogP contribution is -2.53. The van der Waals surface area contributed by atoms with E-state index in [0.29, 0.717) is 29.3 Å². The van der Waals surface area contributed by atoms with Gasteiger partial charge in [0.15, 0.2) is 0 Å². The summed E-state index contributed by atoms with van der Waals surface area (Å²) in [6.07, 6.45) is 18.9. The van der Waals surface area contributed by atoms with Gasteiger partial charge in [-0.25, -0.2) is 0 Å². The SMILES string of the molecule is CC(C)(C)OC(C)(C)C.CC(C)[C@H](CCO)CC[C@@H](C)[C@H]1CC[C@H]2[C@@H]3CCC4CCCC[C@]4(C)[C@H]3CC[C@]12C. The fourth-order valence-corrected chi connectivity index (χ4v) is 10.8. The Bertz CT molecular complexity index is 731. The first-order valence-electron chi connectivity index (χ1n) is 17.3. The highest BCUT2D eigenvalue weighted by Crippen LogP contribution is 2.68. The third-order valence-corrected chi connectivity index (χ3v) is 12.4. The van der Waals surface area contributed by atoms with Crippen LogP contribution < -0.4 is 0 Å². The van der Waals surface area contributed by atoms with Crippen LogP contribution in [0.1, 0.15) is 160 Å². The van der Waals surface area contributed by atoms with Gasteiger partial charge in [0.25, 0.3) is 0 Å². The smallest absolute Gasteiger partial charge is 0.0605 e. The average molecular weight is 547 g/mol. The monoisotopic (exact) mass is 547 g/mol. The lowest BCUT2D eigenvalue weighted by molar-refractivity contribution is -0.114. The Morgan fingerprint density at radius 2 is 1.36 bits per heavy atom. The molecule has 0 bridgehead atoms. The van der Waals surface area contributed by atoms with Gasteiger partial charge < -0.3 is 9.84 Å². The van der Waals surface area contributed by atoms with Crippen molar-refractivity contribution in [2.24, 2.45) is 58.2 Å². The molecule has 2 heteroatoms. The fourth-order valence-electron chi connectivity index (χ4n) is 10.8. The molecule has 230 valence electrons. The molecule has 39 heavy (non-hydrogen) atoms. The quantitative estimate of drug-likeness (QED) is 0.344. The standard InChI is InChI=1S/C29H52O.C8H18O/c1-20(2)22(16-19-30)10-9-21(3)25-13-14-26-24-12-11-23-8-6-7-17-28(23,4)27(24)15-18-29(25,26)5;1-7(2,3)9-8(4,5)6/h20-27,30H,6-19H2,1-5H3;1-6H3/t21-,22+,23?,24+,25-,26+,27+,28+,29-;/m1./s1. The summed E-state index contributed by atoms with van der Waals surface area (Å²) in [5.74, 6) is 7.36. The van der Waals surface area contributed by atoms with Crippen LogP contribution in [0.5, 0.6) is 0 Å². The summed E-state index contributed by atoms with van der Waals surface area (Å²) >= 11 is 0. The normalized spacial score (nSPS) is 38.2. The summed E-state index contributed by atoms with van der Waals surface area (Å²) < 4.78 is 5.62. The number of hydrogen-bond donors (Lipinski definition) is 1. The van der Waals surface area contributed by atoms with E-state index in [1.165, 1.54) is 64.2 Å². The van der Waals surface area contributed by atoms with E-state index in [4.69, 9.17) is 4.74 Å². The van der Waals surface area contributed by atoms with Crippen molar-refractivity contribution in [3.8, 4) is 0 Å². The minimum Gasteiger partial charge on any atom is -0.396 e. The van der Waals surface area contributed by atoms with Crippen LogP contribution in [0, 0.1) is 58.2 Å². The molecule has 0 amide bonds. The fraction of sp³-hybridized carbons (Fsp3) is 1.00. The zero-order valence-corrected chi connectivity index (χ0v) is 28.4. The van der Waals surface area contributed by atoms with E-state index in [1.807, 2.05) is 0 Å². The van der Waals surface area contributed by atoms with Crippen molar-refractivity contribution in [1.29, 1.82) is 0 Å².